The smallest absolute Gasteiger partial charge is 0.230 e. The van der Waals surface area contributed by atoms with Crippen LogP contribution in [0.15, 0.2) is 18.2 Å². The number of nitrogens with one attached hydrogen (secondary N) is 1. The van der Waals surface area contributed by atoms with Crippen molar-refractivity contribution in [1.29, 1.82) is 0 Å². The molecule has 1 N–H and O–H groups in total. The Labute approximate surface area is 101 Å². The molecule has 0 spiro atoms. The van der Waals surface area contributed by atoms with Crippen LogP contribution in [0, 0.1) is 19.8 Å². The van der Waals surface area contributed by atoms with E-state index in [2.05, 4.69) is 11.4 Å². The molecule has 1 aliphatic heterocycles. The minimum absolute atomic E-state index is 0.0103. The Balaban J connectivity index is 2.40. The predicted molar refractivity (Wildman–Crippen MR) is 65.6 cm³/mol. The molecule has 2 unspecified atom stereocenters. The van der Waals surface area contributed by atoms with Crippen LogP contribution in [0.4, 0.5) is 0 Å². The van der Waals surface area contributed by atoms with Crippen molar-refractivity contribution in [3.63, 3.8) is 0 Å². The molecule has 90 valence electrons. The summed E-state index contributed by atoms with van der Waals surface area (Å²) in [4.78, 5) is 23.1. The summed E-state index contributed by atoms with van der Waals surface area (Å²) in [5.74, 6) is -0.462. The van der Waals surface area contributed by atoms with Gasteiger partial charge in [-0.1, -0.05) is 30.7 Å². The topological polar surface area (TPSA) is 46.2 Å². The summed E-state index contributed by atoms with van der Waals surface area (Å²) in [6.07, 6.45) is 0.400. The van der Waals surface area contributed by atoms with Crippen molar-refractivity contribution >= 4 is 11.8 Å². The van der Waals surface area contributed by atoms with Crippen molar-refractivity contribution in [2.75, 3.05) is 0 Å². The third-order valence-electron chi connectivity index (χ3n) is 3.52. The molecule has 0 aliphatic carbocycles. The maximum atomic E-state index is 11.7. The van der Waals surface area contributed by atoms with Crippen LogP contribution in [0.5, 0.6) is 0 Å². The zero-order chi connectivity index (χ0) is 12.6. The molecule has 1 saturated heterocycles. The normalized spacial score (nSPS) is 24.6. The minimum atomic E-state index is -0.168. The molecule has 2 atom stereocenters. The molecule has 1 aliphatic rings. The second kappa shape index (κ2) is 4.32. The van der Waals surface area contributed by atoms with E-state index in [-0.39, 0.29) is 23.7 Å². The maximum absolute atomic E-state index is 11.7. The van der Waals surface area contributed by atoms with E-state index in [4.69, 9.17) is 0 Å². The Bertz CT molecular complexity index is 479. The number of rotatable bonds is 1. The van der Waals surface area contributed by atoms with Gasteiger partial charge < -0.3 is 0 Å². The number of piperidine rings is 1. The molecule has 2 amide bonds. The molecule has 17 heavy (non-hydrogen) atoms. The molecule has 1 fully saturated rings. The van der Waals surface area contributed by atoms with Gasteiger partial charge in [-0.25, -0.2) is 0 Å². The molecule has 1 heterocycles. The fraction of sp³-hybridized carbons (Fsp3) is 0.429. The van der Waals surface area contributed by atoms with Gasteiger partial charge in [0.15, 0.2) is 0 Å². The zero-order valence-corrected chi connectivity index (χ0v) is 10.4. The second-order valence-corrected chi connectivity index (χ2v) is 4.87. The van der Waals surface area contributed by atoms with Crippen LogP contribution >= 0.6 is 0 Å². The predicted octanol–water partition coefficient (Wildman–Crippen LogP) is 2.07. The summed E-state index contributed by atoms with van der Waals surface area (Å²) >= 11 is 0. The first kappa shape index (κ1) is 11.8. The van der Waals surface area contributed by atoms with Crippen LogP contribution in [-0.4, -0.2) is 11.8 Å². The lowest BCUT2D eigenvalue weighted by Gasteiger charge is -2.29. The summed E-state index contributed by atoms with van der Waals surface area (Å²) in [5.41, 5.74) is 3.44. The highest BCUT2D eigenvalue weighted by atomic mass is 16.2. The van der Waals surface area contributed by atoms with Gasteiger partial charge in [0.2, 0.25) is 11.8 Å². The largest absolute Gasteiger partial charge is 0.296 e. The van der Waals surface area contributed by atoms with Crippen LogP contribution in [0.1, 0.15) is 36.0 Å². The van der Waals surface area contributed by atoms with Gasteiger partial charge in [0, 0.05) is 18.3 Å². The van der Waals surface area contributed by atoms with Crippen molar-refractivity contribution in [1.82, 2.24) is 5.32 Å². The van der Waals surface area contributed by atoms with Crippen molar-refractivity contribution in [2.24, 2.45) is 5.92 Å². The molecule has 1 aromatic rings. The monoisotopic (exact) mass is 231 g/mol. The van der Waals surface area contributed by atoms with Crippen LogP contribution < -0.4 is 5.32 Å². The lowest BCUT2D eigenvalue weighted by atomic mass is 9.79. The first-order valence-electron chi connectivity index (χ1n) is 5.90. The van der Waals surface area contributed by atoms with Gasteiger partial charge in [0.1, 0.15) is 0 Å². The third-order valence-corrected chi connectivity index (χ3v) is 3.52. The molecule has 0 aromatic heterocycles. The number of amides is 2. The molecule has 3 heteroatoms. The average molecular weight is 231 g/mol. The molecule has 0 radical (unpaired) electrons. The van der Waals surface area contributed by atoms with E-state index in [9.17, 15) is 9.59 Å². The molecular weight excluding hydrogens is 214 g/mol. The zero-order valence-electron chi connectivity index (χ0n) is 10.4. The maximum Gasteiger partial charge on any atom is 0.230 e. The molecular formula is C14H17NO2. The number of benzene rings is 1. The number of hydrogen-bond donors (Lipinski definition) is 1. The lowest BCUT2D eigenvalue weighted by Crippen LogP contribution is -2.43. The van der Waals surface area contributed by atoms with Crippen LogP contribution in [0.25, 0.3) is 0 Å². The van der Waals surface area contributed by atoms with Gasteiger partial charge in [-0.15, -0.1) is 0 Å². The SMILES string of the molecule is Cc1ccc(C)c(C2CC(=O)NC(=O)C2C)c1. The summed E-state index contributed by atoms with van der Waals surface area (Å²) in [6, 6.07) is 6.19. The third kappa shape index (κ3) is 2.23. The van der Waals surface area contributed by atoms with Gasteiger partial charge in [-0.2, -0.15) is 0 Å². The van der Waals surface area contributed by atoms with Crippen LogP contribution in [0.2, 0.25) is 0 Å². The highest BCUT2D eigenvalue weighted by Gasteiger charge is 2.34. The van der Waals surface area contributed by atoms with Crippen molar-refractivity contribution in [3.8, 4) is 0 Å². The summed E-state index contributed by atoms with van der Waals surface area (Å²) in [6.45, 7) is 5.94. The standard InChI is InChI=1S/C14H17NO2/c1-8-4-5-9(2)11(6-8)12-7-13(16)15-14(17)10(12)3/h4-6,10,12H,7H2,1-3H3,(H,15,16,17). The quantitative estimate of drug-likeness (QED) is 0.752. The van der Waals surface area contributed by atoms with E-state index in [0.29, 0.717) is 6.42 Å². The van der Waals surface area contributed by atoms with E-state index >= 15 is 0 Å². The number of aryl methyl sites for hydroxylation is 2. The average Bonchev–Trinajstić information content (AvgIpc) is 2.27. The molecule has 2 rings (SSSR count). The summed E-state index contributed by atoms with van der Waals surface area (Å²) in [7, 11) is 0. The highest BCUT2D eigenvalue weighted by Crippen LogP contribution is 2.33. The van der Waals surface area contributed by atoms with Crippen molar-refractivity contribution in [3.05, 3.63) is 34.9 Å². The number of carbonyl (C=O) groups is 2. The van der Waals surface area contributed by atoms with Crippen molar-refractivity contribution < 1.29 is 9.59 Å². The molecule has 0 saturated carbocycles. The second-order valence-electron chi connectivity index (χ2n) is 4.87. The van der Waals surface area contributed by atoms with Crippen LogP contribution in [0.3, 0.4) is 0 Å². The minimum Gasteiger partial charge on any atom is -0.296 e. The first-order valence-corrected chi connectivity index (χ1v) is 5.90. The highest BCUT2D eigenvalue weighted by molar-refractivity contribution is 5.99. The van der Waals surface area contributed by atoms with Gasteiger partial charge in [-0.05, 0) is 25.0 Å². The summed E-state index contributed by atoms with van der Waals surface area (Å²) < 4.78 is 0. The van der Waals surface area contributed by atoms with E-state index in [1.807, 2.05) is 32.9 Å². The van der Waals surface area contributed by atoms with Gasteiger partial charge in [-0.3, -0.25) is 14.9 Å². The summed E-state index contributed by atoms with van der Waals surface area (Å²) in [5, 5.41) is 2.38. The molecule has 1 aromatic carbocycles. The Morgan fingerprint density at radius 1 is 1.24 bits per heavy atom. The fourth-order valence-electron chi connectivity index (χ4n) is 2.40. The van der Waals surface area contributed by atoms with E-state index in [1.165, 1.54) is 0 Å². The lowest BCUT2D eigenvalue weighted by molar-refractivity contribution is -0.136. The van der Waals surface area contributed by atoms with E-state index in [0.717, 1.165) is 16.7 Å². The Morgan fingerprint density at radius 2 is 1.94 bits per heavy atom. The Hall–Kier alpha value is -1.64. The Morgan fingerprint density at radius 3 is 2.65 bits per heavy atom. The molecule has 0 bridgehead atoms. The van der Waals surface area contributed by atoms with Crippen molar-refractivity contribution in [2.45, 2.75) is 33.1 Å². The van der Waals surface area contributed by atoms with Gasteiger partial charge >= 0.3 is 0 Å². The number of carbonyl (C=O) groups excluding carboxylic acids is 2. The van der Waals surface area contributed by atoms with Crippen LogP contribution in [-0.2, 0) is 9.59 Å². The Kier molecular flexibility index (Phi) is 3.01. The first-order chi connectivity index (χ1) is 7.99. The number of imide groups is 1. The van der Waals surface area contributed by atoms with E-state index < -0.39 is 0 Å². The van der Waals surface area contributed by atoms with Gasteiger partial charge in [0.05, 0.1) is 0 Å². The van der Waals surface area contributed by atoms with Gasteiger partial charge in [0.25, 0.3) is 0 Å². The fourth-order valence-corrected chi connectivity index (χ4v) is 2.40. The van der Waals surface area contributed by atoms with E-state index in [1.54, 1.807) is 0 Å². The number of hydrogen-bond acceptors (Lipinski definition) is 2. The molecule has 3 nitrogen and oxygen atoms in total.